The lowest BCUT2D eigenvalue weighted by molar-refractivity contribution is -0.137. The Kier molecular flexibility index (Phi) is 3.29. The number of benzene rings is 1. The molecule has 2 rings (SSSR count). The number of fused-ring (bicyclic) bond motifs is 1. The smallest absolute Gasteiger partial charge is 0.323 e. The Hall–Kier alpha value is -2.30. The zero-order chi connectivity index (χ0) is 14.2. The second kappa shape index (κ2) is 4.76. The van der Waals surface area contributed by atoms with Gasteiger partial charge >= 0.3 is 5.97 Å². The summed E-state index contributed by atoms with van der Waals surface area (Å²) >= 11 is 0. The third-order valence-electron chi connectivity index (χ3n) is 3.27. The molecule has 0 atom stereocenters. The van der Waals surface area contributed by atoms with Crippen molar-refractivity contribution in [3.8, 4) is 0 Å². The molecule has 0 radical (unpaired) electrons. The molecular weight excluding hydrogens is 244 g/mol. The summed E-state index contributed by atoms with van der Waals surface area (Å²) in [7, 11) is 1.48. The lowest BCUT2D eigenvalue weighted by atomic mass is 10.1. The number of carboxylic acid groups (broad SMARTS) is 1. The molecule has 2 aromatic rings. The van der Waals surface area contributed by atoms with E-state index in [1.807, 2.05) is 19.9 Å². The zero-order valence-electron chi connectivity index (χ0n) is 11.2. The first-order valence-corrected chi connectivity index (χ1v) is 5.96. The number of hydrogen-bond donors (Lipinski definition) is 2. The van der Waals surface area contributed by atoms with Gasteiger partial charge in [-0.05, 0) is 37.6 Å². The number of carboxylic acids is 1. The van der Waals surface area contributed by atoms with Gasteiger partial charge in [0.05, 0.1) is 0 Å². The van der Waals surface area contributed by atoms with Gasteiger partial charge in [0.25, 0.3) is 5.91 Å². The lowest BCUT2D eigenvalue weighted by Crippen LogP contribution is -2.31. The number of carbonyl (C=O) groups excluding carboxylic acids is 1. The quantitative estimate of drug-likeness (QED) is 0.885. The van der Waals surface area contributed by atoms with Crippen LogP contribution < -0.4 is 0 Å². The highest BCUT2D eigenvalue weighted by Crippen LogP contribution is 2.22. The Morgan fingerprint density at radius 3 is 2.63 bits per heavy atom. The number of aromatic amines is 1. The minimum Gasteiger partial charge on any atom is -0.480 e. The summed E-state index contributed by atoms with van der Waals surface area (Å²) in [6.45, 7) is 3.67. The number of amides is 1. The summed E-state index contributed by atoms with van der Waals surface area (Å²) in [5, 5.41) is 9.69. The molecule has 1 amide bonds. The average Bonchev–Trinajstić information content (AvgIpc) is 2.63. The number of likely N-dealkylation sites (N-methyl/N-ethyl adjacent to an activating group) is 1. The van der Waals surface area contributed by atoms with Gasteiger partial charge in [0.2, 0.25) is 0 Å². The standard InChI is InChI=1S/C14H16N2O3/c1-8-9(2)15-12-5-4-10(6-11(8)12)14(19)16(3)7-13(17)18/h4-6,15H,7H2,1-3H3,(H,17,18). The van der Waals surface area contributed by atoms with E-state index in [9.17, 15) is 9.59 Å². The summed E-state index contributed by atoms with van der Waals surface area (Å²) in [4.78, 5) is 27.1. The fourth-order valence-electron chi connectivity index (χ4n) is 2.09. The average molecular weight is 260 g/mol. The van der Waals surface area contributed by atoms with Gasteiger partial charge in [-0.15, -0.1) is 0 Å². The molecule has 1 aromatic heterocycles. The predicted molar refractivity (Wildman–Crippen MR) is 72.4 cm³/mol. The monoisotopic (exact) mass is 260 g/mol. The Balaban J connectivity index is 2.37. The second-order valence-corrected chi connectivity index (χ2v) is 4.69. The van der Waals surface area contributed by atoms with E-state index in [1.165, 1.54) is 11.9 Å². The van der Waals surface area contributed by atoms with E-state index >= 15 is 0 Å². The first-order valence-electron chi connectivity index (χ1n) is 5.96. The first-order chi connectivity index (χ1) is 8.90. The molecule has 19 heavy (non-hydrogen) atoms. The predicted octanol–water partition coefficient (Wildman–Crippen LogP) is 1.94. The first kappa shape index (κ1) is 13.1. The fourth-order valence-corrected chi connectivity index (χ4v) is 2.09. The van der Waals surface area contributed by atoms with Crippen molar-refractivity contribution in [1.82, 2.24) is 9.88 Å². The van der Waals surface area contributed by atoms with Crippen molar-refractivity contribution in [2.24, 2.45) is 0 Å². The molecule has 0 saturated heterocycles. The normalized spacial score (nSPS) is 10.7. The number of aromatic nitrogens is 1. The van der Waals surface area contributed by atoms with Crippen LogP contribution in [0.4, 0.5) is 0 Å². The molecule has 0 bridgehead atoms. The highest BCUT2D eigenvalue weighted by molar-refractivity contribution is 5.99. The van der Waals surface area contributed by atoms with Crippen molar-refractivity contribution in [2.45, 2.75) is 13.8 Å². The summed E-state index contributed by atoms with van der Waals surface area (Å²) in [6.07, 6.45) is 0. The zero-order valence-corrected chi connectivity index (χ0v) is 11.2. The van der Waals surface area contributed by atoms with Crippen molar-refractivity contribution in [3.05, 3.63) is 35.0 Å². The Labute approximate surface area is 110 Å². The molecule has 1 heterocycles. The third kappa shape index (κ3) is 2.45. The van der Waals surface area contributed by atoms with Crippen molar-refractivity contribution >= 4 is 22.8 Å². The molecule has 0 spiro atoms. The van der Waals surface area contributed by atoms with Crippen molar-refractivity contribution < 1.29 is 14.7 Å². The highest BCUT2D eigenvalue weighted by Gasteiger charge is 2.15. The van der Waals surface area contributed by atoms with Gasteiger partial charge in [0.1, 0.15) is 6.54 Å². The molecule has 0 unspecified atom stereocenters. The van der Waals surface area contributed by atoms with Gasteiger partial charge in [-0.2, -0.15) is 0 Å². The van der Waals surface area contributed by atoms with Gasteiger partial charge in [-0.1, -0.05) is 0 Å². The molecule has 100 valence electrons. The third-order valence-corrected chi connectivity index (χ3v) is 3.27. The van der Waals surface area contributed by atoms with Gasteiger partial charge in [0, 0.05) is 29.2 Å². The van der Waals surface area contributed by atoms with Crippen molar-refractivity contribution in [3.63, 3.8) is 0 Å². The van der Waals surface area contributed by atoms with E-state index in [0.29, 0.717) is 5.56 Å². The minimum atomic E-state index is -1.02. The van der Waals surface area contributed by atoms with Crippen LogP contribution in [0.15, 0.2) is 18.2 Å². The minimum absolute atomic E-state index is 0.289. The summed E-state index contributed by atoms with van der Waals surface area (Å²) in [6, 6.07) is 5.35. The molecule has 0 aliphatic carbocycles. The van der Waals surface area contributed by atoms with Crippen LogP contribution in [0.2, 0.25) is 0 Å². The second-order valence-electron chi connectivity index (χ2n) is 4.69. The number of nitrogens with zero attached hydrogens (tertiary/aromatic N) is 1. The van der Waals surface area contributed by atoms with Gasteiger partial charge < -0.3 is 15.0 Å². The Morgan fingerprint density at radius 1 is 1.32 bits per heavy atom. The van der Waals surface area contributed by atoms with E-state index in [-0.39, 0.29) is 12.5 Å². The van der Waals surface area contributed by atoms with Crippen LogP contribution in [0.25, 0.3) is 10.9 Å². The maximum Gasteiger partial charge on any atom is 0.323 e. The molecule has 2 N–H and O–H groups in total. The fraction of sp³-hybridized carbons (Fsp3) is 0.286. The van der Waals surface area contributed by atoms with Crippen molar-refractivity contribution in [2.75, 3.05) is 13.6 Å². The summed E-state index contributed by atoms with van der Waals surface area (Å²) < 4.78 is 0. The Morgan fingerprint density at radius 2 is 2.00 bits per heavy atom. The maximum absolute atomic E-state index is 12.1. The lowest BCUT2D eigenvalue weighted by Gasteiger charge is -2.14. The summed E-state index contributed by atoms with van der Waals surface area (Å²) in [5.41, 5.74) is 3.65. The van der Waals surface area contributed by atoms with Crippen LogP contribution in [0.3, 0.4) is 0 Å². The molecule has 5 heteroatoms. The Bertz CT molecular complexity index is 658. The number of hydrogen-bond acceptors (Lipinski definition) is 2. The SMILES string of the molecule is Cc1[nH]c2ccc(C(=O)N(C)CC(=O)O)cc2c1C. The van der Waals surface area contributed by atoms with Gasteiger partial charge in [-0.25, -0.2) is 0 Å². The van der Waals surface area contributed by atoms with Crippen molar-refractivity contribution in [1.29, 1.82) is 0 Å². The van der Waals surface area contributed by atoms with E-state index in [0.717, 1.165) is 22.2 Å². The van der Waals surface area contributed by atoms with E-state index in [4.69, 9.17) is 5.11 Å². The highest BCUT2D eigenvalue weighted by atomic mass is 16.4. The molecular formula is C14H16N2O3. The van der Waals surface area contributed by atoms with Crippen LogP contribution in [-0.2, 0) is 4.79 Å². The topological polar surface area (TPSA) is 73.4 Å². The molecule has 5 nitrogen and oxygen atoms in total. The largest absolute Gasteiger partial charge is 0.480 e. The van der Waals surface area contributed by atoms with Crippen LogP contribution in [-0.4, -0.2) is 40.5 Å². The van der Waals surface area contributed by atoms with E-state index < -0.39 is 5.97 Å². The molecule has 0 fully saturated rings. The number of aliphatic carboxylic acids is 1. The molecule has 0 aliphatic rings. The molecule has 0 aliphatic heterocycles. The van der Waals surface area contributed by atoms with Gasteiger partial charge in [-0.3, -0.25) is 9.59 Å². The number of nitrogens with one attached hydrogen (secondary N) is 1. The summed E-state index contributed by atoms with van der Waals surface area (Å²) in [5.74, 6) is -1.31. The van der Waals surface area contributed by atoms with Crippen LogP contribution in [0.5, 0.6) is 0 Å². The number of H-pyrrole nitrogens is 1. The van der Waals surface area contributed by atoms with Gasteiger partial charge in [0.15, 0.2) is 0 Å². The molecule has 1 aromatic carbocycles. The van der Waals surface area contributed by atoms with Crippen LogP contribution in [0, 0.1) is 13.8 Å². The number of carbonyl (C=O) groups is 2. The van der Waals surface area contributed by atoms with Crippen LogP contribution >= 0.6 is 0 Å². The number of rotatable bonds is 3. The molecule has 0 saturated carbocycles. The number of aryl methyl sites for hydroxylation is 2. The van der Waals surface area contributed by atoms with Crippen LogP contribution in [0.1, 0.15) is 21.6 Å². The van der Waals surface area contributed by atoms with E-state index in [2.05, 4.69) is 4.98 Å². The maximum atomic E-state index is 12.1. The van der Waals surface area contributed by atoms with E-state index in [1.54, 1.807) is 12.1 Å².